The zero-order valence-corrected chi connectivity index (χ0v) is 12.8. The van der Waals surface area contributed by atoms with Gasteiger partial charge in [0.25, 0.3) is 0 Å². The first-order valence-electron chi connectivity index (χ1n) is 6.26. The minimum absolute atomic E-state index is 0.415. The molecule has 18 heavy (non-hydrogen) atoms. The van der Waals surface area contributed by atoms with Crippen molar-refractivity contribution in [3.05, 3.63) is 0 Å². The Hall–Kier alpha value is -0.0301. The van der Waals surface area contributed by atoms with Gasteiger partial charge in [0.1, 0.15) is 0 Å². The van der Waals surface area contributed by atoms with Crippen LogP contribution >= 0.6 is 0 Å². The normalized spacial score (nSPS) is 23.5. The molecule has 1 fully saturated rings. The van der Waals surface area contributed by atoms with E-state index >= 15 is 0 Å². The molecular weight excluding hydrogens is 230 g/mol. The maximum Gasteiger partial charge on any atom is 0.640 e. The Morgan fingerprint density at radius 1 is 0.889 bits per heavy atom. The summed E-state index contributed by atoms with van der Waals surface area (Å²) < 4.78 is 22.5. The third-order valence-electron chi connectivity index (χ3n) is 4.37. The van der Waals surface area contributed by atoms with Crippen LogP contribution in [0.2, 0.25) is 0 Å². The highest BCUT2D eigenvalue weighted by molar-refractivity contribution is 6.37. The van der Waals surface area contributed by atoms with Crippen molar-refractivity contribution in [2.45, 2.75) is 77.8 Å². The van der Waals surface area contributed by atoms with Crippen molar-refractivity contribution in [2.75, 3.05) is 0 Å². The second-order valence-corrected chi connectivity index (χ2v) is 6.80. The van der Waals surface area contributed by atoms with Crippen LogP contribution in [0.3, 0.4) is 0 Å². The van der Waals surface area contributed by atoms with Crippen LogP contribution in [0.4, 0.5) is 0 Å². The molecule has 0 spiro atoms. The van der Waals surface area contributed by atoms with Crippen LogP contribution < -0.4 is 0 Å². The summed E-state index contributed by atoms with van der Waals surface area (Å²) in [6.45, 7) is 15.4. The zero-order valence-electron chi connectivity index (χ0n) is 12.8. The average molecular weight is 254 g/mol. The van der Waals surface area contributed by atoms with Crippen LogP contribution in [0, 0.1) is 0 Å². The van der Waals surface area contributed by atoms with E-state index in [0.717, 1.165) is 0 Å². The van der Waals surface area contributed by atoms with E-state index in [0.29, 0.717) is 0 Å². The third-order valence-corrected chi connectivity index (χ3v) is 4.37. The van der Waals surface area contributed by atoms with Crippen molar-refractivity contribution in [3.63, 3.8) is 0 Å². The lowest BCUT2D eigenvalue weighted by atomic mass is 9.87. The van der Waals surface area contributed by atoms with Crippen molar-refractivity contribution in [3.8, 4) is 0 Å². The van der Waals surface area contributed by atoms with E-state index < -0.39 is 29.7 Å². The lowest BCUT2D eigenvalue weighted by Gasteiger charge is -2.47. The monoisotopic (exact) mass is 254 g/mol. The van der Waals surface area contributed by atoms with Crippen LogP contribution in [0.5, 0.6) is 0 Å². The van der Waals surface area contributed by atoms with Crippen molar-refractivity contribution >= 4 is 15.4 Å². The van der Waals surface area contributed by atoms with Crippen LogP contribution in [-0.4, -0.2) is 37.8 Å². The van der Waals surface area contributed by atoms with E-state index in [-0.39, 0.29) is 0 Å². The van der Waals surface area contributed by atoms with Gasteiger partial charge in [0.05, 0.1) is 16.8 Å². The summed E-state index contributed by atoms with van der Waals surface area (Å²) in [5.41, 5.74) is -2.14. The molecule has 0 aromatic heterocycles. The van der Waals surface area contributed by atoms with E-state index in [1.165, 1.54) is 0 Å². The maximum absolute atomic E-state index is 5.88. The van der Waals surface area contributed by atoms with Gasteiger partial charge in [-0.25, -0.2) is 0 Å². The van der Waals surface area contributed by atoms with Gasteiger partial charge in [0.2, 0.25) is 0 Å². The summed E-state index contributed by atoms with van der Waals surface area (Å²) in [7, 11) is 4.59. The SMILES string of the molecule is [B-]OC(C)(C)C(C)(C)OB1OC(C)(C)C(C)(C)O1. The van der Waals surface area contributed by atoms with Crippen molar-refractivity contribution in [2.24, 2.45) is 0 Å². The van der Waals surface area contributed by atoms with Crippen LogP contribution in [0.25, 0.3) is 0 Å². The highest BCUT2D eigenvalue weighted by atomic mass is 16.8. The molecule has 1 rings (SSSR count). The number of hydrogen-bond acceptors (Lipinski definition) is 4. The standard InChI is InChI=1S/C12H24B2O4/c1-9(2,15-13)10(3,4)16-14-17-11(5,6)12(7,8)18-14/h1-8H3/q-1. The first-order chi connectivity index (χ1) is 7.85. The Morgan fingerprint density at radius 3 is 1.61 bits per heavy atom. The quantitative estimate of drug-likeness (QED) is 0.721. The summed E-state index contributed by atoms with van der Waals surface area (Å²) in [6, 6.07) is 0. The van der Waals surface area contributed by atoms with Crippen molar-refractivity contribution in [1.29, 1.82) is 0 Å². The Bertz CT molecular complexity index is 297. The fraction of sp³-hybridized carbons (Fsp3) is 1.00. The van der Waals surface area contributed by atoms with Gasteiger partial charge in [-0.15, -0.1) is 0 Å². The smallest absolute Gasteiger partial charge is 0.640 e. The molecule has 1 aliphatic heterocycles. The molecule has 0 bridgehead atoms. The zero-order chi connectivity index (χ0) is 14.4. The summed E-state index contributed by atoms with van der Waals surface area (Å²) in [5.74, 6) is 0. The van der Waals surface area contributed by atoms with Crippen LogP contribution in [-0.2, 0) is 18.6 Å². The third kappa shape index (κ3) is 2.77. The van der Waals surface area contributed by atoms with Crippen LogP contribution in [0.1, 0.15) is 55.4 Å². The molecule has 1 heterocycles. The topological polar surface area (TPSA) is 36.9 Å². The first kappa shape index (κ1) is 16.0. The van der Waals surface area contributed by atoms with E-state index in [4.69, 9.17) is 26.7 Å². The molecule has 0 N–H and O–H groups in total. The fourth-order valence-electron chi connectivity index (χ4n) is 1.36. The van der Waals surface area contributed by atoms with Gasteiger partial charge in [0, 0.05) is 5.60 Å². The molecule has 0 atom stereocenters. The number of rotatable bonds is 4. The van der Waals surface area contributed by atoms with E-state index in [1.54, 1.807) is 0 Å². The summed E-state index contributed by atoms with van der Waals surface area (Å²) in [6.07, 6.45) is 0. The van der Waals surface area contributed by atoms with Crippen LogP contribution in [0.15, 0.2) is 0 Å². The molecule has 6 heteroatoms. The molecule has 0 saturated carbocycles. The van der Waals surface area contributed by atoms with Gasteiger partial charge in [0.15, 0.2) is 0 Å². The molecule has 0 amide bonds. The van der Waals surface area contributed by atoms with E-state index in [9.17, 15) is 0 Å². The predicted molar refractivity (Wildman–Crippen MR) is 72.2 cm³/mol. The maximum atomic E-state index is 5.88. The van der Waals surface area contributed by atoms with Crippen molar-refractivity contribution < 1.29 is 18.6 Å². The molecule has 0 aliphatic carbocycles. The lowest BCUT2D eigenvalue weighted by Crippen LogP contribution is -2.52. The highest BCUT2D eigenvalue weighted by Crippen LogP contribution is 2.39. The minimum Gasteiger partial charge on any atom is -0.696 e. The molecule has 0 aromatic carbocycles. The predicted octanol–water partition coefficient (Wildman–Crippen LogP) is 2.25. The molecule has 1 aliphatic rings. The lowest BCUT2D eigenvalue weighted by molar-refractivity contribution is -0.0939. The van der Waals surface area contributed by atoms with Gasteiger partial charge >= 0.3 is 7.32 Å². The second-order valence-electron chi connectivity index (χ2n) is 6.80. The molecule has 0 unspecified atom stereocenters. The Morgan fingerprint density at radius 2 is 1.28 bits per heavy atom. The largest absolute Gasteiger partial charge is 0.696 e. The Kier molecular flexibility index (Phi) is 4.02. The van der Waals surface area contributed by atoms with Gasteiger partial charge in [-0.1, -0.05) is 0 Å². The van der Waals surface area contributed by atoms with Gasteiger partial charge in [-0.3, -0.25) is 0 Å². The van der Waals surface area contributed by atoms with Gasteiger partial charge in [-0.05, 0) is 55.4 Å². The molecule has 103 valence electrons. The average Bonchev–Trinajstić information content (AvgIpc) is 2.33. The molecule has 1 saturated heterocycles. The Balaban J connectivity index is 2.77. The minimum atomic E-state index is -0.723. The summed E-state index contributed by atoms with van der Waals surface area (Å²) in [4.78, 5) is 0. The Labute approximate surface area is 112 Å². The van der Waals surface area contributed by atoms with Gasteiger partial charge < -0.3 is 26.7 Å². The van der Waals surface area contributed by atoms with E-state index in [1.807, 2.05) is 55.4 Å². The summed E-state index contributed by atoms with van der Waals surface area (Å²) >= 11 is 0. The van der Waals surface area contributed by atoms with Crippen molar-refractivity contribution in [1.82, 2.24) is 0 Å². The summed E-state index contributed by atoms with van der Waals surface area (Å²) in [5, 5.41) is 0. The highest BCUT2D eigenvalue weighted by Gasteiger charge is 2.55. The second kappa shape index (κ2) is 4.51. The molecular formula is C12H24B2O4-. The first-order valence-corrected chi connectivity index (χ1v) is 6.26. The van der Waals surface area contributed by atoms with Gasteiger partial charge in [-0.2, -0.15) is 0 Å². The van der Waals surface area contributed by atoms with E-state index in [2.05, 4.69) is 0 Å². The molecule has 3 radical (unpaired) electrons. The molecule has 0 aromatic rings. The molecule has 4 nitrogen and oxygen atoms in total. The number of hydrogen-bond donors (Lipinski definition) is 0. The fourth-order valence-corrected chi connectivity index (χ4v) is 1.36.